The van der Waals surface area contributed by atoms with Crippen LogP contribution in [0.5, 0.6) is 0 Å². The zero-order valence-corrected chi connectivity index (χ0v) is 14.8. The minimum absolute atomic E-state index is 0.169. The summed E-state index contributed by atoms with van der Waals surface area (Å²) < 4.78 is 0. The Kier molecular flexibility index (Phi) is 6.67. The number of anilines is 2. The Morgan fingerprint density at radius 1 is 0.958 bits per heavy atom. The molecule has 0 aromatic heterocycles. The smallest absolute Gasteiger partial charge is 0.319 e. The van der Waals surface area contributed by atoms with E-state index in [4.69, 9.17) is 0 Å². The molecule has 4 nitrogen and oxygen atoms in total. The summed E-state index contributed by atoms with van der Waals surface area (Å²) in [6.45, 7) is 8.91. The lowest BCUT2D eigenvalue weighted by Crippen LogP contribution is -2.30. The average molecular weight is 325 g/mol. The summed E-state index contributed by atoms with van der Waals surface area (Å²) in [6.07, 6.45) is 0.828. The topological polar surface area (TPSA) is 44.4 Å². The van der Waals surface area contributed by atoms with Crippen LogP contribution in [0, 0.1) is 6.92 Å². The van der Waals surface area contributed by atoms with Crippen LogP contribution in [-0.2, 0) is 6.42 Å². The average Bonchev–Trinajstić information content (AvgIpc) is 2.59. The van der Waals surface area contributed by atoms with Crippen molar-refractivity contribution in [1.82, 2.24) is 5.32 Å². The number of hydrogen-bond acceptors (Lipinski definition) is 2. The number of carbonyl (C=O) groups is 1. The van der Waals surface area contributed by atoms with Crippen LogP contribution in [0.25, 0.3) is 0 Å². The Morgan fingerprint density at radius 3 is 2.17 bits per heavy atom. The second kappa shape index (κ2) is 8.96. The Labute approximate surface area is 144 Å². The van der Waals surface area contributed by atoms with Gasteiger partial charge in [-0.2, -0.15) is 0 Å². The zero-order chi connectivity index (χ0) is 17.4. The van der Waals surface area contributed by atoms with Gasteiger partial charge in [-0.25, -0.2) is 4.79 Å². The second-order valence-electron chi connectivity index (χ2n) is 5.84. The SMILES string of the molecule is CCN(CC)c1ccc(NC(=O)NCCc2ccc(C)cc2)cc1. The number of nitrogens with zero attached hydrogens (tertiary/aromatic N) is 1. The summed E-state index contributed by atoms with van der Waals surface area (Å²) in [6, 6.07) is 16.2. The van der Waals surface area contributed by atoms with Gasteiger partial charge in [0.2, 0.25) is 0 Å². The highest BCUT2D eigenvalue weighted by atomic mass is 16.2. The van der Waals surface area contributed by atoms with E-state index in [0.29, 0.717) is 6.54 Å². The van der Waals surface area contributed by atoms with E-state index in [1.165, 1.54) is 16.8 Å². The van der Waals surface area contributed by atoms with E-state index in [1.807, 2.05) is 24.3 Å². The first-order valence-corrected chi connectivity index (χ1v) is 8.57. The molecule has 2 aromatic rings. The molecule has 0 saturated heterocycles. The summed E-state index contributed by atoms with van der Waals surface area (Å²) >= 11 is 0. The third kappa shape index (κ3) is 5.30. The fourth-order valence-corrected chi connectivity index (χ4v) is 2.59. The Balaban J connectivity index is 1.78. The summed E-state index contributed by atoms with van der Waals surface area (Å²) in [5, 5.41) is 5.76. The van der Waals surface area contributed by atoms with Gasteiger partial charge in [0.05, 0.1) is 0 Å². The van der Waals surface area contributed by atoms with Gasteiger partial charge in [0, 0.05) is 31.0 Å². The van der Waals surface area contributed by atoms with Crippen molar-refractivity contribution >= 4 is 17.4 Å². The van der Waals surface area contributed by atoms with E-state index in [-0.39, 0.29) is 6.03 Å². The molecule has 0 aliphatic rings. The minimum atomic E-state index is -0.169. The molecule has 0 aliphatic carbocycles. The molecule has 2 N–H and O–H groups in total. The van der Waals surface area contributed by atoms with Crippen LogP contribution in [0.3, 0.4) is 0 Å². The molecule has 0 bridgehead atoms. The van der Waals surface area contributed by atoms with E-state index in [2.05, 4.69) is 60.6 Å². The quantitative estimate of drug-likeness (QED) is 0.801. The first kappa shape index (κ1) is 17.9. The molecule has 2 amide bonds. The van der Waals surface area contributed by atoms with Gasteiger partial charge in [-0.3, -0.25) is 0 Å². The first-order chi connectivity index (χ1) is 11.6. The molecule has 0 fully saturated rings. The number of hydrogen-bond donors (Lipinski definition) is 2. The lowest BCUT2D eigenvalue weighted by molar-refractivity contribution is 0.252. The van der Waals surface area contributed by atoms with Gasteiger partial charge < -0.3 is 15.5 Å². The van der Waals surface area contributed by atoms with Crippen LogP contribution < -0.4 is 15.5 Å². The number of aryl methyl sites for hydroxylation is 1. The standard InChI is InChI=1S/C20H27N3O/c1-4-23(5-2)19-12-10-18(11-13-19)22-20(24)21-15-14-17-8-6-16(3)7-9-17/h6-13H,4-5,14-15H2,1-3H3,(H2,21,22,24). The van der Waals surface area contributed by atoms with E-state index in [0.717, 1.165) is 25.2 Å². The normalized spacial score (nSPS) is 10.3. The van der Waals surface area contributed by atoms with Gasteiger partial charge in [-0.05, 0) is 57.0 Å². The molecule has 0 atom stereocenters. The summed E-state index contributed by atoms with van der Waals surface area (Å²) in [4.78, 5) is 14.2. The van der Waals surface area contributed by atoms with Crippen molar-refractivity contribution < 1.29 is 4.79 Å². The number of rotatable bonds is 7. The third-order valence-corrected chi connectivity index (χ3v) is 4.07. The maximum Gasteiger partial charge on any atom is 0.319 e. The van der Waals surface area contributed by atoms with Gasteiger partial charge in [0.1, 0.15) is 0 Å². The molecule has 24 heavy (non-hydrogen) atoms. The molecule has 2 aromatic carbocycles. The van der Waals surface area contributed by atoms with E-state index in [9.17, 15) is 4.79 Å². The molecular formula is C20H27N3O. The molecule has 0 saturated carbocycles. The Hall–Kier alpha value is -2.49. The van der Waals surface area contributed by atoms with Gasteiger partial charge in [-0.15, -0.1) is 0 Å². The number of benzene rings is 2. The number of urea groups is 1. The molecule has 2 rings (SSSR count). The van der Waals surface area contributed by atoms with E-state index < -0.39 is 0 Å². The van der Waals surface area contributed by atoms with Crippen molar-refractivity contribution in [2.75, 3.05) is 29.9 Å². The fraction of sp³-hybridized carbons (Fsp3) is 0.350. The zero-order valence-electron chi connectivity index (χ0n) is 14.8. The summed E-state index contributed by atoms with van der Waals surface area (Å²) in [5.41, 5.74) is 4.45. The highest BCUT2D eigenvalue weighted by molar-refractivity contribution is 5.89. The highest BCUT2D eigenvalue weighted by Crippen LogP contribution is 2.17. The monoisotopic (exact) mass is 325 g/mol. The van der Waals surface area contributed by atoms with Crippen LogP contribution in [0.15, 0.2) is 48.5 Å². The molecule has 0 aliphatic heterocycles. The summed E-state index contributed by atoms with van der Waals surface area (Å²) in [7, 11) is 0. The van der Waals surface area contributed by atoms with Crippen LogP contribution in [0.4, 0.5) is 16.2 Å². The molecule has 0 spiro atoms. The maximum absolute atomic E-state index is 12.0. The van der Waals surface area contributed by atoms with Crippen molar-refractivity contribution in [2.45, 2.75) is 27.2 Å². The number of nitrogens with one attached hydrogen (secondary N) is 2. The van der Waals surface area contributed by atoms with Crippen molar-refractivity contribution in [3.8, 4) is 0 Å². The van der Waals surface area contributed by atoms with Crippen LogP contribution >= 0.6 is 0 Å². The van der Waals surface area contributed by atoms with E-state index >= 15 is 0 Å². The molecule has 0 unspecified atom stereocenters. The van der Waals surface area contributed by atoms with Crippen molar-refractivity contribution in [3.05, 3.63) is 59.7 Å². The summed E-state index contributed by atoms with van der Waals surface area (Å²) in [5.74, 6) is 0. The minimum Gasteiger partial charge on any atom is -0.372 e. The van der Waals surface area contributed by atoms with Crippen molar-refractivity contribution in [2.24, 2.45) is 0 Å². The lowest BCUT2D eigenvalue weighted by atomic mass is 10.1. The maximum atomic E-state index is 12.0. The third-order valence-electron chi connectivity index (χ3n) is 4.07. The second-order valence-corrected chi connectivity index (χ2v) is 5.84. The molecular weight excluding hydrogens is 298 g/mol. The number of carbonyl (C=O) groups excluding carboxylic acids is 1. The predicted octanol–water partition coefficient (Wildman–Crippen LogP) is 4.21. The van der Waals surface area contributed by atoms with Gasteiger partial charge in [0.15, 0.2) is 0 Å². The van der Waals surface area contributed by atoms with Crippen molar-refractivity contribution in [3.63, 3.8) is 0 Å². The van der Waals surface area contributed by atoms with E-state index in [1.54, 1.807) is 0 Å². The van der Waals surface area contributed by atoms with Crippen molar-refractivity contribution in [1.29, 1.82) is 0 Å². The molecule has 128 valence electrons. The lowest BCUT2D eigenvalue weighted by Gasteiger charge is -2.21. The Bertz CT molecular complexity index is 631. The molecule has 0 radical (unpaired) electrons. The fourth-order valence-electron chi connectivity index (χ4n) is 2.59. The first-order valence-electron chi connectivity index (χ1n) is 8.57. The largest absolute Gasteiger partial charge is 0.372 e. The van der Waals surface area contributed by atoms with Gasteiger partial charge >= 0.3 is 6.03 Å². The number of amides is 2. The molecule has 0 heterocycles. The highest BCUT2D eigenvalue weighted by Gasteiger charge is 2.04. The van der Waals surface area contributed by atoms with Crippen LogP contribution in [0.1, 0.15) is 25.0 Å². The molecule has 4 heteroatoms. The Morgan fingerprint density at radius 2 is 1.58 bits per heavy atom. The van der Waals surface area contributed by atoms with Crippen LogP contribution in [-0.4, -0.2) is 25.7 Å². The predicted molar refractivity (Wildman–Crippen MR) is 102 cm³/mol. The van der Waals surface area contributed by atoms with Crippen LogP contribution in [0.2, 0.25) is 0 Å². The van der Waals surface area contributed by atoms with Gasteiger partial charge in [0.25, 0.3) is 0 Å². The van der Waals surface area contributed by atoms with Gasteiger partial charge in [-0.1, -0.05) is 29.8 Å².